The number of hydrogen-bond acceptors (Lipinski definition) is 7. The monoisotopic (exact) mass is 414 g/mol. The van der Waals surface area contributed by atoms with E-state index in [1.807, 2.05) is 11.8 Å². The van der Waals surface area contributed by atoms with Crippen LogP contribution >= 0.6 is 11.6 Å². The van der Waals surface area contributed by atoms with Crippen molar-refractivity contribution < 1.29 is 9.59 Å². The van der Waals surface area contributed by atoms with Crippen LogP contribution in [0.5, 0.6) is 0 Å². The number of hydrogen-bond donors (Lipinski definition) is 2. The Morgan fingerprint density at radius 3 is 2.72 bits per heavy atom. The largest absolute Gasteiger partial charge is 0.364 e. The van der Waals surface area contributed by atoms with E-state index < -0.39 is 5.91 Å². The maximum atomic E-state index is 11.8. The first-order chi connectivity index (χ1) is 13.9. The zero-order valence-corrected chi connectivity index (χ0v) is 16.9. The molecule has 2 heterocycles. The maximum absolute atomic E-state index is 11.8. The molecule has 8 nitrogen and oxygen atoms in total. The summed E-state index contributed by atoms with van der Waals surface area (Å²) in [6.45, 7) is 6.33. The van der Waals surface area contributed by atoms with E-state index in [2.05, 4.69) is 27.1 Å². The lowest BCUT2D eigenvalue weighted by Crippen LogP contribution is -2.45. The molecule has 0 unspecified atom stereocenters. The van der Waals surface area contributed by atoms with Crippen LogP contribution in [0.1, 0.15) is 36.7 Å². The molecule has 0 spiro atoms. The van der Waals surface area contributed by atoms with E-state index in [0.717, 1.165) is 19.4 Å². The van der Waals surface area contributed by atoms with Crippen LogP contribution in [0.25, 0.3) is 0 Å². The van der Waals surface area contributed by atoms with E-state index in [9.17, 15) is 9.59 Å². The van der Waals surface area contributed by atoms with Crippen molar-refractivity contribution in [2.45, 2.75) is 32.2 Å². The molecule has 3 rings (SSSR count). The third kappa shape index (κ3) is 4.89. The number of nitrogens with zero attached hydrogens (tertiary/aromatic N) is 4. The van der Waals surface area contributed by atoms with Gasteiger partial charge in [0.05, 0.1) is 0 Å². The fraction of sp³-hybridized carbons (Fsp3) is 0.350. The third-order valence-corrected chi connectivity index (χ3v) is 5.36. The zero-order chi connectivity index (χ0) is 21.0. The van der Waals surface area contributed by atoms with Crippen molar-refractivity contribution in [3.63, 3.8) is 0 Å². The number of carbonyl (C=O) groups excluding carboxylic acids is 2. The molecule has 1 aliphatic rings. The SMILES string of the molecule is C=CC(=O)C[C@@H]1CCCN(c2nnc(C(N)=O)c(Nc3ccc(Cl)cc3)n2)[C@@H]1C. The summed E-state index contributed by atoms with van der Waals surface area (Å²) in [4.78, 5) is 30.1. The van der Waals surface area contributed by atoms with Gasteiger partial charge in [0.1, 0.15) is 0 Å². The number of anilines is 3. The highest BCUT2D eigenvalue weighted by molar-refractivity contribution is 6.30. The van der Waals surface area contributed by atoms with E-state index in [-0.39, 0.29) is 29.3 Å². The lowest BCUT2D eigenvalue weighted by atomic mass is 9.86. The first-order valence-corrected chi connectivity index (χ1v) is 9.76. The number of nitrogens with two attached hydrogens (primary N) is 1. The molecule has 1 aromatic carbocycles. The number of halogens is 1. The number of aromatic nitrogens is 3. The quantitative estimate of drug-likeness (QED) is 0.669. The van der Waals surface area contributed by atoms with Crippen molar-refractivity contribution in [3.05, 3.63) is 47.6 Å². The number of ketones is 1. The summed E-state index contributed by atoms with van der Waals surface area (Å²) in [5, 5.41) is 11.8. The predicted octanol–water partition coefficient (Wildman–Crippen LogP) is 3.12. The highest BCUT2D eigenvalue weighted by Crippen LogP contribution is 2.30. The van der Waals surface area contributed by atoms with Crippen molar-refractivity contribution in [2.24, 2.45) is 11.7 Å². The molecule has 3 N–H and O–H groups in total. The normalized spacial score (nSPS) is 18.9. The standard InChI is InChI=1S/C20H23ClN6O2/c1-3-16(28)11-13-5-4-10-27(12(13)2)20-24-19(17(18(22)29)25-26-20)23-15-8-6-14(21)7-9-15/h3,6-9,12-13H,1,4-5,10-11H2,2H3,(H2,22,29)(H,23,24,26)/t12-,13+/m1/s1. The van der Waals surface area contributed by atoms with Crippen LogP contribution in [0, 0.1) is 5.92 Å². The number of piperidine rings is 1. The minimum Gasteiger partial charge on any atom is -0.364 e. The molecule has 1 amide bonds. The van der Waals surface area contributed by atoms with Crippen LogP contribution in [-0.2, 0) is 4.79 Å². The van der Waals surface area contributed by atoms with Crippen molar-refractivity contribution in [1.82, 2.24) is 15.2 Å². The maximum Gasteiger partial charge on any atom is 0.273 e. The van der Waals surface area contributed by atoms with E-state index in [1.165, 1.54) is 6.08 Å². The second kappa shape index (κ2) is 9.00. The van der Waals surface area contributed by atoms with Gasteiger partial charge in [0.15, 0.2) is 17.3 Å². The van der Waals surface area contributed by atoms with Crippen LogP contribution < -0.4 is 16.0 Å². The number of benzene rings is 1. The molecule has 1 aromatic heterocycles. The Morgan fingerprint density at radius 1 is 1.34 bits per heavy atom. The molecule has 152 valence electrons. The molecular formula is C20H23ClN6O2. The Labute approximate surface area is 174 Å². The van der Waals surface area contributed by atoms with Crippen molar-refractivity contribution in [1.29, 1.82) is 0 Å². The number of allylic oxidation sites excluding steroid dienone is 1. The molecule has 0 radical (unpaired) electrons. The second-order valence-corrected chi connectivity index (χ2v) is 7.45. The van der Waals surface area contributed by atoms with Gasteiger partial charge >= 0.3 is 0 Å². The van der Waals surface area contributed by atoms with E-state index in [4.69, 9.17) is 17.3 Å². The first kappa shape index (κ1) is 20.7. The van der Waals surface area contributed by atoms with Gasteiger partial charge in [-0.3, -0.25) is 9.59 Å². The molecule has 1 fully saturated rings. The lowest BCUT2D eigenvalue weighted by Gasteiger charge is -2.39. The number of amides is 1. The van der Waals surface area contributed by atoms with E-state index >= 15 is 0 Å². The summed E-state index contributed by atoms with van der Waals surface area (Å²) in [6.07, 6.45) is 3.64. The molecule has 0 bridgehead atoms. The predicted molar refractivity (Wildman–Crippen MR) is 112 cm³/mol. The van der Waals surface area contributed by atoms with Gasteiger partial charge in [0.2, 0.25) is 5.95 Å². The third-order valence-electron chi connectivity index (χ3n) is 5.11. The van der Waals surface area contributed by atoms with E-state index in [0.29, 0.717) is 23.1 Å². The van der Waals surface area contributed by atoms with Crippen LogP contribution in [-0.4, -0.2) is 39.5 Å². The van der Waals surface area contributed by atoms with Gasteiger partial charge in [-0.25, -0.2) is 0 Å². The van der Waals surface area contributed by atoms with Crippen molar-refractivity contribution in [3.8, 4) is 0 Å². The van der Waals surface area contributed by atoms with Crippen LogP contribution in [0.4, 0.5) is 17.5 Å². The van der Waals surface area contributed by atoms with Gasteiger partial charge in [-0.15, -0.1) is 10.2 Å². The molecular weight excluding hydrogens is 392 g/mol. The van der Waals surface area contributed by atoms with Gasteiger partial charge in [-0.1, -0.05) is 18.2 Å². The topological polar surface area (TPSA) is 114 Å². The highest BCUT2D eigenvalue weighted by Gasteiger charge is 2.31. The molecule has 1 saturated heterocycles. The summed E-state index contributed by atoms with van der Waals surface area (Å²) in [6, 6.07) is 7.00. The fourth-order valence-electron chi connectivity index (χ4n) is 3.48. The molecule has 0 aliphatic carbocycles. The van der Waals surface area contributed by atoms with Crippen LogP contribution in [0.2, 0.25) is 5.02 Å². The first-order valence-electron chi connectivity index (χ1n) is 9.38. The molecule has 1 aliphatic heterocycles. The molecule has 2 aromatic rings. The summed E-state index contributed by atoms with van der Waals surface area (Å²) < 4.78 is 0. The van der Waals surface area contributed by atoms with Gasteiger partial charge in [-0.2, -0.15) is 4.98 Å². The molecule has 9 heteroatoms. The average Bonchev–Trinajstić information content (AvgIpc) is 2.71. The Hall–Kier alpha value is -3.00. The minimum absolute atomic E-state index is 0.0249. The molecule has 29 heavy (non-hydrogen) atoms. The molecule has 0 saturated carbocycles. The van der Waals surface area contributed by atoms with Crippen molar-refractivity contribution >= 4 is 40.7 Å². The summed E-state index contributed by atoms with van der Waals surface area (Å²) in [5.74, 6) is 0.0726. The number of nitrogens with one attached hydrogen (secondary N) is 1. The Bertz CT molecular complexity index is 918. The van der Waals surface area contributed by atoms with Crippen LogP contribution in [0.15, 0.2) is 36.9 Å². The summed E-state index contributed by atoms with van der Waals surface area (Å²) in [7, 11) is 0. The molecule has 2 atom stereocenters. The minimum atomic E-state index is -0.728. The van der Waals surface area contributed by atoms with Gasteiger partial charge in [0.25, 0.3) is 5.91 Å². The Kier molecular flexibility index (Phi) is 6.43. The number of carbonyl (C=O) groups is 2. The highest BCUT2D eigenvalue weighted by atomic mass is 35.5. The van der Waals surface area contributed by atoms with Crippen molar-refractivity contribution in [2.75, 3.05) is 16.8 Å². The van der Waals surface area contributed by atoms with Gasteiger partial charge in [0, 0.05) is 29.7 Å². The average molecular weight is 415 g/mol. The van der Waals surface area contributed by atoms with Gasteiger partial charge < -0.3 is 16.0 Å². The zero-order valence-electron chi connectivity index (χ0n) is 16.1. The van der Waals surface area contributed by atoms with Gasteiger partial charge in [-0.05, 0) is 56.0 Å². The smallest absolute Gasteiger partial charge is 0.273 e. The second-order valence-electron chi connectivity index (χ2n) is 7.02. The van der Waals surface area contributed by atoms with Crippen LogP contribution in [0.3, 0.4) is 0 Å². The van der Waals surface area contributed by atoms with E-state index in [1.54, 1.807) is 24.3 Å². The summed E-state index contributed by atoms with van der Waals surface area (Å²) >= 11 is 5.92. The Morgan fingerprint density at radius 2 is 2.07 bits per heavy atom. The number of rotatable bonds is 7. The lowest BCUT2D eigenvalue weighted by molar-refractivity contribution is -0.115. The Balaban J connectivity index is 1.89. The summed E-state index contributed by atoms with van der Waals surface area (Å²) in [5.41, 5.74) is 6.07. The number of primary amides is 1. The fourth-order valence-corrected chi connectivity index (χ4v) is 3.61.